The van der Waals surface area contributed by atoms with Crippen LogP contribution in [-0.4, -0.2) is 35.1 Å². The van der Waals surface area contributed by atoms with Gasteiger partial charge in [-0.25, -0.2) is 0 Å². The minimum atomic E-state index is -4.40. The van der Waals surface area contributed by atoms with E-state index in [-0.39, 0.29) is 12.2 Å². The first-order valence-corrected chi connectivity index (χ1v) is 5.63. The zero-order valence-corrected chi connectivity index (χ0v) is 10.0. The summed E-state index contributed by atoms with van der Waals surface area (Å²) in [5, 5.41) is 0. The summed E-state index contributed by atoms with van der Waals surface area (Å²) < 4.78 is 37.2. The molecule has 3 N–H and O–H groups in total. The standard InChI is InChI=1S/C11H16F3N3O/c1-2-3-4-17(7-11(12,13)14)10(18)9-5-8(15)6-16-9/h5-6,16H,2-4,7,15H2,1H3. The summed E-state index contributed by atoms with van der Waals surface area (Å²) in [4.78, 5) is 15.2. The van der Waals surface area contributed by atoms with Crippen molar-refractivity contribution in [3.63, 3.8) is 0 Å². The minimum absolute atomic E-state index is 0.0767. The molecule has 0 fully saturated rings. The van der Waals surface area contributed by atoms with Crippen LogP contribution >= 0.6 is 0 Å². The summed E-state index contributed by atoms with van der Waals surface area (Å²) in [6, 6.07) is 1.33. The van der Waals surface area contributed by atoms with Gasteiger partial charge in [-0.2, -0.15) is 13.2 Å². The minimum Gasteiger partial charge on any atom is -0.397 e. The average molecular weight is 263 g/mol. The number of nitrogen functional groups attached to an aromatic ring is 1. The molecule has 0 atom stereocenters. The fraction of sp³-hybridized carbons (Fsp3) is 0.545. The molecule has 102 valence electrons. The Bertz CT molecular complexity index is 400. The van der Waals surface area contributed by atoms with E-state index in [1.165, 1.54) is 12.3 Å². The molecule has 0 aliphatic carbocycles. The second-order valence-corrected chi connectivity index (χ2v) is 4.04. The van der Waals surface area contributed by atoms with Crippen molar-refractivity contribution in [1.29, 1.82) is 0 Å². The van der Waals surface area contributed by atoms with Gasteiger partial charge in [0.15, 0.2) is 0 Å². The van der Waals surface area contributed by atoms with Crippen molar-refractivity contribution < 1.29 is 18.0 Å². The topological polar surface area (TPSA) is 62.1 Å². The summed E-state index contributed by atoms with van der Waals surface area (Å²) >= 11 is 0. The first-order chi connectivity index (χ1) is 8.33. The van der Waals surface area contributed by atoms with Gasteiger partial charge in [-0.3, -0.25) is 4.79 Å². The third-order valence-electron chi connectivity index (χ3n) is 2.37. The quantitative estimate of drug-likeness (QED) is 0.856. The number of H-pyrrole nitrogens is 1. The summed E-state index contributed by atoms with van der Waals surface area (Å²) in [5.74, 6) is -0.683. The Morgan fingerprint density at radius 2 is 2.17 bits per heavy atom. The molecule has 0 spiro atoms. The summed E-state index contributed by atoms with van der Waals surface area (Å²) in [5.41, 5.74) is 5.82. The van der Waals surface area contributed by atoms with Crippen LogP contribution in [0.1, 0.15) is 30.3 Å². The number of hydrogen-bond acceptors (Lipinski definition) is 2. The van der Waals surface area contributed by atoms with Crippen molar-refractivity contribution >= 4 is 11.6 Å². The Kier molecular flexibility index (Phi) is 4.63. The van der Waals surface area contributed by atoms with E-state index in [1.807, 2.05) is 6.92 Å². The predicted molar refractivity (Wildman–Crippen MR) is 62.1 cm³/mol. The molecule has 1 aromatic heterocycles. The van der Waals surface area contributed by atoms with Gasteiger partial charge in [0.25, 0.3) is 5.91 Å². The molecule has 0 saturated heterocycles. The van der Waals surface area contributed by atoms with Crippen molar-refractivity contribution in [3.8, 4) is 0 Å². The molecule has 0 aromatic carbocycles. The van der Waals surface area contributed by atoms with Gasteiger partial charge < -0.3 is 15.6 Å². The Morgan fingerprint density at radius 1 is 1.50 bits per heavy atom. The van der Waals surface area contributed by atoms with Crippen molar-refractivity contribution in [1.82, 2.24) is 9.88 Å². The van der Waals surface area contributed by atoms with E-state index in [2.05, 4.69) is 4.98 Å². The molecule has 1 amide bonds. The van der Waals surface area contributed by atoms with Gasteiger partial charge in [0.05, 0.1) is 0 Å². The first-order valence-electron chi connectivity index (χ1n) is 5.63. The van der Waals surface area contributed by atoms with Crippen LogP contribution in [0.5, 0.6) is 0 Å². The molecule has 0 aliphatic heterocycles. The average Bonchev–Trinajstić information content (AvgIpc) is 2.68. The second-order valence-electron chi connectivity index (χ2n) is 4.04. The zero-order valence-electron chi connectivity index (χ0n) is 10.0. The monoisotopic (exact) mass is 263 g/mol. The Balaban J connectivity index is 2.78. The van der Waals surface area contributed by atoms with Gasteiger partial charge in [-0.15, -0.1) is 0 Å². The SMILES string of the molecule is CCCCN(CC(F)(F)F)C(=O)c1cc(N)c[nH]1. The summed E-state index contributed by atoms with van der Waals surface area (Å²) in [6.07, 6.45) is -1.78. The maximum atomic E-state index is 12.4. The predicted octanol–water partition coefficient (Wildman–Crippen LogP) is 2.40. The number of hydrogen-bond donors (Lipinski definition) is 2. The number of alkyl halides is 3. The molecule has 0 bridgehead atoms. The van der Waals surface area contributed by atoms with Crippen LogP contribution in [0, 0.1) is 0 Å². The van der Waals surface area contributed by atoms with Crippen LogP contribution in [-0.2, 0) is 0 Å². The summed E-state index contributed by atoms with van der Waals surface area (Å²) in [6.45, 7) is 0.682. The van der Waals surface area contributed by atoms with Crippen molar-refractivity contribution in [3.05, 3.63) is 18.0 Å². The molecular weight excluding hydrogens is 247 g/mol. The maximum absolute atomic E-state index is 12.4. The summed E-state index contributed by atoms with van der Waals surface area (Å²) in [7, 11) is 0. The van der Waals surface area contributed by atoms with Crippen LogP contribution in [0.4, 0.5) is 18.9 Å². The Hall–Kier alpha value is -1.66. The molecule has 0 unspecified atom stereocenters. The highest BCUT2D eigenvalue weighted by Crippen LogP contribution is 2.19. The molecule has 4 nitrogen and oxygen atoms in total. The lowest BCUT2D eigenvalue weighted by Crippen LogP contribution is -2.39. The highest BCUT2D eigenvalue weighted by molar-refractivity contribution is 5.93. The van der Waals surface area contributed by atoms with E-state index in [1.54, 1.807) is 0 Å². The fourth-order valence-corrected chi connectivity index (χ4v) is 1.52. The number of aromatic nitrogens is 1. The van der Waals surface area contributed by atoms with Gasteiger partial charge in [0.1, 0.15) is 12.2 Å². The van der Waals surface area contributed by atoms with E-state index < -0.39 is 18.6 Å². The van der Waals surface area contributed by atoms with Crippen LogP contribution in [0.2, 0.25) is 0 Å². The third-order valence-corrected chi connectivity index (χ3v) is 2.37. The van der Waals surface area contributed by atoms with E-state index in [9.17, 15) is 18.0 Å². The molecule has 0 radical (unpaired) electrons. The van der Waals surface area contributed by atoms with Gasteiger partial charge in [-0.1, -0.05) is 13.3 Å². The molecule has 18 heavy (non-hydrogen) atoms. The number of carbonyl (C=O) groups is 1. The largest absolute Gasteiger partial charge is 0.406 e. The third kappa shape index (κ3) is 4.31. The van der Waals surface area contributed by atoms with Crippen molar-refractivity contribution in [2.24, 2.45) is 0 Å². The lowest BCUT2D eigenvalue weighted by molar-refractivity contribution is -0.140. The van der Waals surface area contributed by atoms with Crippen molar-refractivity contribution in [2.45, 2.75) is 25.9 Å². The molecule has 7 heteroatoms. The van der Waals surface area contributed by atoms with Crippen LogP contribution in [0.3, 0.4) is 0 Å². The number of anilines is 1. The number of carbonyl (C=O) groups excluding carboxylic acids is 1. The smallest absolute Gasteiger partial charge is 0.397 e. The Morgan fingerprint density at radius 3 is 2.61 bits per heavy atom. The van der Waals surface area contributed by atoms with Crippen LogP contribution in [0.25, 0.3) is 0 Å². The van der Waals surface area contributed by atoms with Crippen LogP contribution < -0.4 is 5.73 Å². The van der Waals surface area contributed by atoms with Crippen LogP contribution in [0.15, 0.2) is 12.3 Å². The second kappa shape index (κ2) is 5.79. The maximum Gasteiger partial charge on any atom is 0.406 e. The number of rotatable bonds is 5. The number of nitrogens with two attached hydrogens (primary N) is 1. The normalized spacial score (nSPS) is 11.6. The fourth-order valence-electron chi connectivity index (χ4n) is 1.52. The number of unbranched alkanes of at least 4 members (excludes halogenated alkanes) is 1. The van der Waals surface area contributed by atoms with E-state index in [0.29, 0.717) is 18.5 Å². The lowest BCUT2D eigenvalue weighted by Gasteiger charge is -2.23. The number of aromatic amines is 1. The van der Waals surface area contributed by atoms with Gasteiger partial charge >= 0.3 is 6.18 Å². The first kappa shape index (κ1) is 14.4. The van der Waals surface area contributed by atoms with E-state index >= 15 is 0 Å². The Labute approximate surface area is 103 Å². The molecule has 0 aliphatic rings. The van der Waals surface area contributed by atoms with Crippen molar-refractivity contribution in [2.75, 3.05) is 18.8 Å². The number of halogens is 3. The highest BCUT2D eigenvalue weighted by Gasteiger charge is 2.33. The van der Waals surface area contributed by atoms with E-state index in [4.69, 9.17) is 5.73 Å². The molecule has 1 heterocycles. The lowest BCUT2D eigenvalue weighted by atomic mass is 10.2. The highest BCUT2D eigenvalue weighted by atomic mass is 19.4. The number of nitrogens with zero attached hydrogens (tertiary/aromatic N) is 1. The molecule has 1 rings (SSSR count). The molecular formula is C11H16F3N3O. The van der Waals surface area contributed by atoms with Gasteiger partial charge in [0.2, 0.25) is 0 Å². The number of amides is 1. The molecule has 0 saturated carbocycles. The zero-order chi connectivity index (χ0) is 13.8. The molecule has 1 aromatic rings. The van der Waals surface area contributed by atoms with Gasteiger partial charge in [0, 0.05) is 18.4 Å². The van der Waals surface area contributed by atoms with E-state index in [0.717, 1.165) is 4.90 Å². The van der Waals surface area contributed by atoms with Gasteiger partial charge in [-0.05, 0) is 12.5 Å². The number of nitrogens with one attached hydrogen (secondary N) is 1.